The van der Waals surface area contributed by atoms with Crippen molar-refractivity contribution in [3.05, 3.63) is 45.1 Å². The lowest BCUT2D eigenvalue weighted by atomic mass is 9.96. The molecule has 7 heteroatoms. The number of hydrogen-bond acceptors (Lipinski definition) is 5. The molecular formula is C20H24ClN3O2S. The number of nitrogens with zero attached hydrogens (tertiary/aromatic N) is 1. The van der Waals surface area contributed by atoms with E-state index in [1.807, 2.05) is 0 Å². The number of fused-ring (bicyclic) bond motifs is 2. The highest BCUT2D eigenvalue weighted by Crippen LogP contribution is 2.37. The summed E-state index contributed by atoms with van der Waals surface area (Å²) in [5.74, 6) is 0.303. The van der Waals surface area contributed by atoms with Crippen molar-refractivity contribution in [1.29, 1.82) is 0 Å². The largest absolute Gasteiger partial charge is 0.496 e. The van der Waals surface area contributed by atoms with Gasteiger partial charge >= 0.3 is 0 Å². The summed E-state index contributed by atoms with van der Waals surface area (Å²) in [5, 5.41) is 7.92. The van der Waals surface area contributed by atoms with Crippen molar-refractivity contribution in [1.82, 2.24) is 10.2 Å². The van der Waals surface area contributed by atoms with E-state index >= 15 is 0 Å². The molecule has 2 aliphatic rings. The number of carbonyl (C=O) groups excluding carboxylic acids is 1. The van der Waals surface area contributed by atoms with Crippen LogP contribution in [0.1, 0.15) is 41.6 Å². The molecule has 2 fully saturated rings. The van der Waals surface area contributed by atoms with Crippen LogP contribution in [-0.2, 0) is 6.54 Å². The predicted molar refractivity (Wildman–Crippen MR) is 110 cm³/mol. The Hall–Kier alpha value is -1.76. The van der Waals surface area contributed by atoms with Crippen LogP contribution in [0.4, 0.5) is 5.69 Å². The number of methoxy groups -OCH3 is 1. The fourth-order valence-electron chi connectivity index (χ4n) is 4.42. The molecule has 144 valence electrons. The van der Waals surface area contributed by atoms with Gasteiger partial charge in [-0.3, -0.25) is 9.69 Å². The maximum Gasteiger partial charge on any atom is 0.255 e. The summed E-state index contributed by atoms with van der Waals surface area (Å²) in [6.07, 6.45) is 4.38. The smallest absolute Gasteiger partial charge is 0.255 e. The number of anilines is 1. The van der Waals surface area contributed by atoms with E-state index in [2.05, 4.69) is 27.0 Å². The van der Waals surface area contributed by atoms with E-state index in [0.29, 0.717) is 34.1 Å². The summed E-state index contributed by atoms with van der Waals surface area (Å²) >= 11 is 7.85. The Labute approximate surface area is 168 Å². The highest BCUT2D eigenvalue weighted by atomic mass is 35.5. The average Bonchev–Trinajstić information content (AvgIpc) is 3.23. The molecule has 1 aromatic heterocycles. The zero-order valence-corrected chi connectivity index (χ0v) is 16.9. The minimum atomic E-state index is -0.149. The summed E-state index contributed by atoms with van der Waals surface area (Å²) in [5.41, 5.74) is 8.05. The van der Waals surface area contributed by atoms with Gasteiger partial charge in [-0.1, -0.05) is 11.6 Å². The van der Waals surface area contributed by atoms with E-state index in [1.165, 1.54) is 25.5 Å². The molecule has 1 amide bonds. The third-order valence-corrected chi connectivity index (χ3v) is 6.79. The molecule has 2 aliphatic heterocycles. The van der Waals surface area contributed by atoms with Gasteiger partial charge in [-0.25, -0.2) is 0 Å². The van der Waals surface area contributed by atoms with Gasteiger partial charge in [-0.2, -0.15) is 11.3 Å². The van der Waals surface area contributed by atoms with Gasteiger partial charge in [-0.15, -0.1) is 0 Å². The molecule has 0 radical (unpaired) electrons. The standard InChI is InChI=1S/C20H24ClN3O2S/c1-26-19-9-18(22)17(21)8-16(19)20(25)23-13-6-14-2-3-15(7-13)24(14)10-12-4-5-27-11-12/h4-5,8-9,11,13-15H,2-3,6-7,10,22H2,1H3,(H,23,25). The maximum atomic E-state index is 12.8. The first kappa shape index (κ1) is 18.6. The van der Waals surface area contributed by atoms with Gasteiger partial charge in [0.15, 0.2) is 0 Å². The number of nitrogen functional groups attached to an aromatic ring is 1. The minimum absolute atomic E-state index is 0.149. The van der Waals surface area contributed by atoms with E-state index in [4.69, 9.17) is 22.1 Å². The minimum Gasteiger partial charge on any atom is -0.496 e. The third-order valence-electron chi connectivity index (χ3n) is 5.73. The number of thiophene rings is 1. The number of hydrogen-bond donors (Lipinski definition) is 2. The Bertz CT molecular complexity index is 813. The number of carbonyl (C=O) groups is 1. The SMILES string of the molecule is COc1cc(N)c(Cl)cc1C(=O)NC1CC2CCC(C1)N2Cc1ccsc1. The Balaban J connectivity index is 1.43. The molecule has 1 aromatic carbocycles. The van der Waals surface area contributed by atoms with E-state index in [0.717, 1.165) is 19.4 Å². The van der Waals surface area contributed by atoms with Crippen LogP contribution in [0.5, 0.6) is 5.75 Å². The van der Waals surface area contributed by atoms with Crippen LogP contribution in [0, 0.1) is 0 Å². The van der Waals surface area contributed by atoms with Gasteiger partial charge < -0.3 is 15.8 Å². The number of nitrogens with one attached hydrogen (secondary N) is 1. The molecule has 2 bridgehead atoms. The number of rotatable bonds is 5. The summed E-state index contributed by atoms with van der Waals surface area (Å²) < 4.78 is 5.32. The first-order chi connectivity index (χ1) is 13.0. The van der Waals surface area contributed by atoms with Crippen LogP contribution in [-0.4, -0.2) is 36.0 Å². The Kier molecular flexibility index (Phi) is 5.30. The molecule has 0 saturated carbocycles. The number of amides is 1. The summed E-state index contributed by atoms with van der Waals surface area (Å²) in [6.45, 7) is 1.01. The van der Waals surface area contributed by atoms with Crippen molar-refractivity contribution in [3.63, 3.8) is 0 Å². The zero-order valence-electron chi connectivity index (χ0n) is 15.3. The normalized spacial score (nSPS) is 24.7. The maximum absolute atomic E-state index is 12.8. The van der Waals surface area contributed by atoms with Crippen molar-refractivity contribution in [2.75, 3.05) is 12.8 Å². The van der Waals surface area contributed by atoms with Crippen LogP contribution < -0.4 is 15.8 Å². The molecule has 27 heavy (non-hydrogen) atoms. The topological polar surface area (TPSA) is 67.6 Å². The molecular weight excluding hydrogens is 382 g/mol. The molecule has 4 rings (SSSR count). The Morgan fingerprint density at radius 2 is 2.11 bits per heavy atom. The number of ether oxygens (including phenoxy) is 1. The van der Waals surface area contributed by atoms with E-state index < -0.39 is 0 Å². The third kappa shape index (κ3) is 3.79. The second-order valence-electron chi connectivity index (χ2n) is 7.40. The van der Waals surface area contributed by atoms with Crippen molar-refractivity contribution >= 4 is 34.5 Å². The summed E-state index contributed by atoms with van der Waals surface area (Å²) in [4.78, 5) is 15.4. The Morgan fingerprint density at radius 3 is 2.74 bits per heavy atom. The fourth-order valence-corrected chi connectivity index (χ4v) is 5.25. The van der Waals surface area contributed by atoms with Crippen molar-refractivity contribution in [2.45, 2.75) is 50.4 Å². The van der Waals surface area contributed by atoms with Gasteiger partial charge in [0.1, 0.15) is 5.75 Å². The van der Waals surface area contributed by atoms with Crippen molar-refractivity contribution in [2.24, 2.45) is 0 Å². The van der Waals surface area contributed by atoms with Gasteiger partial charge in [0, 0.05) is 30.7 Å². The fraction of sp³-hybridized carbons (Fsp3) is 0.450. The average molecular weight is 406 g/mol. The predicted octanol–water partition coefficient (Wildman–Crippen LogP) is 3.92. The van der Waals surface area contributed by atoms with Crippen molar-refractivity contribution in [3.8, 4) is 5.75 Å². The van der Waals surface area contributed by atoms with E-state index in [9.17, 15) is 4.79 Å². The molecule has 5 nitrogen and oxygen atoms in total. The van der Waals surface area contributed by atoms with E-state index in [1.54, 1.807) is 23.5 Å². The first-order valence-electron chi connectivity index (χ1n) is 9.26. The molecule has 0 aliphatic carbocycles. The van der Waals surface area contributed by atoms with Gasteiger partial charge in [0.05, 0.1) is 23.4 Å². The number of piperidine rings is 1. The second kappa shape index (κ2) is 7.70. The zero-order chi connectivity index (χ0) is 19.0. The molecule has 3 N–H and O–H groups in total. The molecule has 2 aromatic rings. The highest BCUT2D eigenvalue weighted by molar-refractivity contribution is 7.07. The molecule has 3 heterocycles. The van der Waals surface area contributed by atoms with Crippen LogP contribution in [0.15, 0.2) is 29.0 Å². The Morgan fingerprint density at radius 1 is 1.37 bits per heavy atom. The first-order valence-corrected chi connectivity index (χ1v) is 10.6. The molecule has 2 saturated heterocycles. The summed E-state index contributed by atoms with van der Waals surface area (Å²) in [7, 11) is 1.53. The number of nitrogens with two attached hydrogens (primary N) is 1. The van der Waals surface area contributed by atoms with Gasteiger partial charge in [0.2, 0.25) is 0 Å². The second-order valence-corrected chi connectivity index (χ2v) is 8.59. The van der Waals surface area contributed by atoms with Gasteiger partial charge in [-0.05, 0) is 54.1 Å². The van der Waals surface area contributed by atoms with Crippen LogP contribution in [0.2, 0.25) is 5.02 Å². The lowest BCUT2D eigenvalue weighted by Crippen LogP contribution is -2.50. The monoisotopic (exact) mass is 405 g/mol. The van der Waals surface area contributed by atoms with Gasteiger partial charge in [0.25, 0.3) is 5.91 Å². The lowest BCUT2D eigenvalue weighted by molar-refractivity contribution is 0.0826. The van der Waals surface area contributed by atoms with Crippen LogP contribution >= 0.6 is 22.9 Å². The van der Waals surface area contributed by atoms with Crippen molar-refractivity contribution < 1.29 is 9.53 Å². The number of halogens is 1. The van der Waals surface area contributed by atoms with Crippen LogP contribution in [0.25, 0.3) is 0 Å². The summed E-state index contributed by atoms with van der Waals surface area (Å²) in [6, 6.07) is 6.64. The molecule has 0 spiro atoms. The quantitative estimate of drug-likeness (QED) is 0.740. The molecule has 2 atom stereocenters. The highest BCUT2D eigenvalue weighted by Gasteiger charge is 2.41. The van der Waals surface area contributed by atoms with E-state index in [-0.39, 0.29) is 11.9 Å². The number of benzene rings is 1. The molecule has 2 unspecified atom stereocenters. The lowest BCUT2D eigenvalue weighted by Gasteiger charge is -2.39. The van der Waals surface area contributed by atoms with Crippen LogP contribution in [0.3, 0.4) is 0 Å².